The normalized spacial score (nSPS) is 23.5. The number of hydrogen-bond acceptors (Lipinski definition) is 5. The van der Waals surface area contributed by atoms with Gasteiger partial charge in [0.2, 0.25) is 5.91 Å². The van der Waals surface area contributed by atoms with Crippen LogP contribution in [-0.4, -0.2) is 46.5 Å². The lowest BCUT2D eigenvalue weighted by molar-refractivity contribution is -0.131. The van der Waals surface area contributed by atoms with E-state index in [1.807, 2.05) is 20.9 Å². The standard InChI is InChI=1S/C21H25FN4O2.ClH/c1-4-28-14-5-6-16(22)15(12-14)18-11-13(2)23-19(24-18)17-7-8-21(25-17)9-10-26(3)20(21)27;/h5-6,11-12,17,25H,4,7-10H2,1-3H3;1H/t17-,21-;/m1./s1. The van der Waals surface area contributed by atoms with Gasteiger partial charge in [-0.25, -0.2) is 14.4 Å². The number of benzene rings is 1. The number of halogens is 2. The Labute approximate surface area is 176 Å². The van der Waals surface area contributed by atoms with E-state index in [-0.39, 0.29) is 30.2 Å². The van der Waals surface area contributed by atoms with E-state index in [2.05, 4.69) is 15.3 Å². The van der Waals surface area contributed by atoms with Crippen LogP contribution in [0.2, 0.25) is 0 Å². The van der Waals surface area contributed by atoms with Crippen LogP contribution in [-0.2, 0) is 4.79 Å². The molecule has 0 aliphatic carbocycles. The SMILES string of the molecule is CCOc1ccc(F)c(-c2cc(C)nc([C@H]3CC[C@]4(CCN(C)C4=O)N3)n2)c1.Cl. The van der Waals surface area contributed by atoms with Gasteiger partial charge < -0.3 is 9.64 Å². The molecule has 0 bridgehead atoms. The summed E-state index contributed by atoms with van der Waals surface area (Å²) in [5, 5.41) is 3.48. The number of likely N-dealkylation sites (tertiary alicyclic amines) is 1. The maximum absolute atomic E-state index is 14.5. The molecule has 1 aromatic heterocycles. The average Bonchev–Trinajstić information content (AvgIpc) is 3.23. The van der Waals surface area contributed by atoms with Crippen LogP contribution < -0.4 is 10.1 Å². The van der Waals surface area contributed by atoms with Crippen LogP contribution in [0, 0.1) is 12.7 Å². The highest BCUT2D eigenvalue weighted by atomic mass is 35.5. The van der Waals surface area contributed by atoms with Crippen LogP contribution in [0.4, 0.5) is 4.39 Å². The van der Waals surface area contributed by atoms with E-state index in [1.165, 1.54) is 6.07 Å². The summed E-state index contributed by atoms with van der Waals surface area (Å²) in [5.74, 6) is 0.999. The molecule has 2 fully saturated rings. The van der Waals surface area contributed by atoms with Crippen molar-refractivity contribution in [1.82, 2.24) is 20.2 Å². The lowest BCUT2D eigenvalue weighted by Gasteiger charge is -2.23. The van der Waals surface area contributed by atoms with E-state index < -0.39 is 5.54 Å². The van der Waals surface area contributed by atoms with Crippen molar-refractivity contribution in [3.05, 3.63) is 41.6 Å². The zero-order valence-electron chi connectivity index (χ0n) is 16.9. The summed E-state index contributed by atoms with van der Waals surface area (Å²) in [7, 11) is 1.83. The van der Waals surface area contributed by atoms with Gasteiger partial charge >= 0.3 is 0 Å². The number of carbonyl (C=O) groups is 1. The fourth-order valence-electron chi connectivity index (χ4n) is 4.20. The Kier molecular flexibility index (Phi) is 6.10. The van der Waals surface area contributed by atoms with Crippen molar-refractivity contribution in [2.75, 3.05) is 20.2 Å². The van der Waals surface area contributed by atoms with Gasteiger partial charge in [-0.05, 0) is 57.4 Å². The summed E-state index contributed by atoms with van der Waals surface area (Å²) in [6.45, 7) is 5.03. The third kappa shape index (κ3) is 3.94. The monoisotopic (exact) mass is 420 g/mol. The van der Waals surface area contributed by atoms with Crippen molar-refractivity contribution in [1.29, 1.82) is 0 Å². The van der Waals surface area contributed by atoms with E-state index in [1.54, 1.807) is 23.1 Å². The Bertz CT molecular complexity index is 926. The Hall–Kier alpha value is -2.25. The van der Waals surface area contributed by atoms with E-state index in [0.717, 1.165) is 31.5 Å². The molecule has 2 saturated heterocycles. The minimum absolute atomic E-state index is 0. The van der Waals surface area contributed by atoms with Crippen LogP contribution in [0.1, 0.15) is 43.7 Å². The first-order valence-corrected chi connectivity index (χ1v) is 9.73. The largest absolute Gasteiger partial charge is 0.494 e. The predicted molar refractivity (Wildman–Crippen MR) is 111 cm³/mol. The summed E-state index contributed by atoms with van der Waals surface area (Å²) >= 11 is 0. The lowest BCUT2D eigenvalue weighted by Crippen LogP contribution is -2.47. The molecule has 1 N–H and O–H groups in total. The second kappa shape index (κ2) is 8.24. The summed E-state index contributed by atoms with van der Waals surface area (Å²) in [5.41, 5.74) is 1.17. The first kappa shape index (κ1) is 21.5. The summed E-state index contributed by atoms with van der Waals surface area (Å²) in [4.78, 5) is 23.6. The number of carbonyl (C=O) groups excluding carboxylic acids is 1. The highest BCUT2D eigenvalue weighted by molar-refractivity contribution is 5.88. The number of hydrogen-bond donors (Lipinski definition) is 1. The fraction of sp³-hybridized carbons (Fsp3) is 0.476. The van der Waals surface area contributed by atoms with Crippen molar-refractivity contribution in [3.8, 4) is 17.0 Å². The van der Waals surface area contributed by atoms with Crippen molar-refractivity contribution in [2.24, 2.45) is 0 Å². The van der Waals surface area contributed by atoms with Gasteiger partial charge in [-0.2, -0.15) is 0 Å². The zero-order chi connectivity index (χ0) is 19.9. The molecule has 4 rings (SSSR count). The highest BCUT2D eigenvalue weighted by Gasteiger charge is 2.50. The minimum Gasteiger partial charge on any atom is -0.494 e. The molecule has 156 valence electrons. The van der Waals surface area contributed by atoms with E-state index >= 15 is 0 Å². The van der Waals surface area contributed by atoms with Crippen LogP contribution >= 0.6 is 12.4 Å². The zero-order valence-corrected chi connectivity index (χ0v) is 17.7. The average molecular weight is 421 g/mol. The van der Waals surface area contributed by atoms with Crippen LogP contribution in [0.5, 0.6) is 5.75 Å². The third-order valence-electron chi connectivity index (χ3n) is 5.65. The van der Waals surface area contributed by atoms with E-state index in [4.69, 9.17) is 4.74 Å². The molecule has 0 unspecified atom stereocenters. The summed E-state index contributed by atoms with van der Waals surface area (Å²) < 4.78 is 20.0. The second-order valence-corrected chi connectivity index (χ2v) is 7.62. The number of aromatic nitrogens is 2. The summed E-state index contributed by atoms with van der Waals surface area (Å²) in [6.07, 6.45) is 2.34. The molecule has 2 aromatic rings. The van der Waals surface area contributed by atoms with Gasteiger partial charge in [0, 0.05) is 24.8 Å². The Balaban J connectivity index is 0.00000240. The molecule has 0 radical (unpaired) electrons. The molecule has 2 aliphatic heterocycles. The molecular formula is C21H26ClFN4O2. The molecule has 2 aliphatic rings. The molecule has 29 heavy (non-hydrogen) atoms. The van der Waals surface area contributed by atoms with Crippen LogP contribution in [0.15, 0.2) is 24.3 Å². The smallest absolute Gasteiger partial charge is 0.242 e. The van der Waals surface area contributed by atoms with Crippen molar-refractivity contribution in [3.63, 3.8) is 0 Å². The number of aryl methyl sites for hydroxylation is 1. The van der Waals surface area contributed by atoms with Crippen LogP contribution in [0.25, 0.3) is 11.3 Å². The molecule has 3 heterocycles. The van der Waals surface area contributed by atoms with E-state index in [0.29, 0.717) is 29.4 Å². The summed E-state index contributed by atoms with van der Waals surface area (Å²) in [6, 6.07) is 6.34. The molecular weight excluding hydrogens is 395 g/mol. The Morgan fingerprint density at radius 3 is 2.79 bits per heavy atom. The van der Waals surface area contributed by atoms with Gasteiger partial charge in [0.15, 0.2) is 0 Å². The van der Waals surface area contributed by atoms with E-state index in [9.17, 15) is 9.18 Å². The van der Waals surface area contributed by atoms with Gasteiger partial charge in [-0.15, -0.1) is 12.4 Å². The molecule has 2 atom stereocenters. The Morgan fingerprint density at radius 2 is 2.10 bits per heavy atom. The number of nitrogens with one attached hydrogen (secondary N) is 1. The molecule has 1 aromatic carbocycles. The minimum atomic E-state index is -0.507. The first-order chi connectivity index (χ1) is 13.4. The third-order valence-corrected chi connectivity index (χ3v) is 5.65. The maximum Gasteiger partial charge on any atom is 0.242 e. The Morgan fingerprint density at radius 1 is 1.31 bits per heavy atom. The highest BCUT2D eigenvalue weighted by Crippen LogP contribution is 2.38. The lowest BCUT2D eigenvalue weighted by atomic mass is 9.96. The van der Waals surface area contributed by atoms with Gasteiger partial charge in [0.25, 0.3) is 0 Å². The first-order valence-electron chi connectivity index (χ1n) is 9.73. The number of ether oxygens (including phenoxy) is 1. The molecule has 0 saturated carbocycles. The molecule has 1 spiro atoms. The van der Waals surface area contributed by atoms with Gasteiger partial charge in [-0.1, -0.05) is 0 Å². The second-order valence-electron chi connectivity index (χ2n) is 7.62. The van der Waals surface area contributed by atoms with Crippen LogP contribution in [0.3, 0.4) is 0 Å². The van der Waals surface area contributed by atoms with Crippen molar-refractivity contribution in [2.45, 2.75) is 44.7 Å². The fourth-order valence-corrected chi connectivity index (χ4v) is 4.20. The molecule has 8 heteroatoms. The number of amides is 1. The topological polar surface area (TPSA) is 67.3 Å². The number of nitrogens with zero attached hydrogens (tertiary/aromatic N) is 3. The maximum atomic E-state index is 14.5. The van der Waals surface area contributed by atoms with Gasteiger partial charge in [0.1, 0.15) is 22.9 Å². The van der Waals surface area contributed by atoms with Crippen molar-refractivity contribution < 1.29 is 13.9 Å². The molecule has 6 nitrogen and oxygen atoms in total. The number of likely N-dealkylation sites (N-methyl/N-ethyl adjacent to an activating group) is 1. The molecule has 1 amide bonds. The quantitative estimate of drug-likeness (QED) is 0.820. The van der Waals surface area contributed by atoms with Gasteiger partial charge in [-0.3, -0.25) is 10.1 Å². The predicted octanol–water partition coefficient (Wildman–Crippen LogP) is 3.44. The van der Waals surface area contributed by atoms with Gasteiger partial charge in [0.05, 0.1) is 18.3 Å². The number of rotatable bonds is 4. The van der Waals surface area contributed by atoms with Crippen molar-refractivity contribution >= 4 is 18.3 Å².